The van der Waals surface area contributed by atoms with Gasteiger partial charge in [0.1, 0.15) is 0 Å². The fourth-order valence-corrected chi connectivity index (χ4v) is 2.86. The van der Waals surface area contributed by atoms with Crippen LogP contribution in [0.15, 0.2) is 42.7 Å². The third-order valence-electron chi connectivity index (χ3n) is 4.07. The number of aryl methyl sites for hydroxylation is 1. The predicted molar refractivity (Wildman–Crippen MR) is 86.9 cm³/mol. The minimum atomic E-state index is -0.176. The number of amides is 2. The van der Waals surface area contributed by atoms with Crippen LogP contribution in [0.1, 0.15) is 23.2 Å². The van der Waals surface area contributed by atoms with Crippen LogP contribution in [0.5, 0.6) is 0 Å². The smallest absolute Gasteiger partial charge is 0.257 e. The number of hydrogen-bond donors (Lipinski definition) is 1. The first-order valence-electron chi connectivity index (χ1n) is 7.77. The molecule has 1 atom stereocenters. The summed E-state index contributed by atoms with van der Waals surface area (Å²) in [6, 6.07) is 9.40. The van der Waals surface area contributed by atoms with E-state index in [0.29, 0.717) is 18.7 Å². The minimum Gasteiger partial charge on any atom is -0.338 e. The van der Waals surface area contributed by atoms with Gasteiger partial charge in [0, 0.05) is 32.0 Å². The van der Waals surface area contributed by atoms with E-state index in [4.69, 9.17) is 0 Å². The predicted octanol–water partition coefficient (Wildman–Crippen LogP) is 1.91. The summed E-state index contributed by atoms with van der Waals surface area (Å²) in [7, 11) is 1.78. The molecule has 1 aromatic heterocycles. The summed E-state index contributed by atoms with van der Waals surface area (Å²) in [5.74, 6) is -0.264. The molecule has 1 fully saturated rings. The fraction of sp³-hybridized carbons (Fsp3) is 0.353. The van der Waals surface area contributed by atoms with E-state index in [1.165, 1.54) is 0 Å². The Balaban J connectivity index is 1.63. The van der Waals surface area contributed by atoms with Gasteiger partial charge in [0.15, 0.2) is 0 Å². The Hall–Kier alpha value is -2.63. The topological polar surface area (TPSA) is 67.2 Å². The number of carbonyl (C=O) groups is 2. The number of piperidine rings is 1. The molecular weight excluding hydrogens is 292 g/mol. The molecule has 23 heavy (non-hydrogen) atoms. The van der Waals surface area contributed by atoms with Gasteiger partial charge in [-0.25, -0.2) is 0 Å². The Labute approximate surface area is 135 Å². The SMILES string of the molecule is Cn1cc(C(=O)N2CCCC(C(=O)Nc3ccccc3)C2)cn1. The van der Waals surface area contributed by atoms with Gasteiger partial charge in [-0.3, -0.25) is 14.3 Å². The molecular formula is C17H20N4O2. The van der Waals surface area contributed by atoms with Gasteiger partial charge >= 0.3 is 0 Å². The first-order chi connectivity index (χ1) is 11.1. The lowest BCUT2D eigenvalue weighted by molar-refractivity contribution is -0.121. The molecule has 6 heteroatoms. The Morgan fingerprint density at radius 1 is 1.26 bits per heavy atom. The van der Waals surface area contributed by atoms with Crippen LogP contribution in [0.25, 0.3) is 0 Å². The number of hydrogen-bond acceptors (Lipinski definition) is 3. The van der Waals surface area contributed by atoms with Crippen LogP contribution in [0.3, 0.4) is 0 Å². The van der Waals surface area contributed by atoms with Crippen LogP contribution in [0.2, 0.25) is 0 Å². The number of rotatable bonds is 3. The maximum Gasteiger partial charge on any atom is 0.257 e. The highest BCUT2D eigenvalue weighted by molar-refractivity contribution is 5.96. The van der Waals surface area contributed by atoms with Gasteiger partial charge in [0.2, 0.25) is 5.91 Å². The molecule has 6 nitrogen and oxygen atoms in total. The van der Waals surface area contributed by atoms with Crippen molar-refractivity contribution >= 4 is 17.5 Å². The Morgan fingerprint density at radius 2 is 2.04 bits per heavy atom. The number of benzene rings is 1. The molecule has 1 saturated heterocycles. The lowest BCUT2D eigenvalue weighted by Crippen LogP contribution is -2.43. The second-order valence-corrected chi connectivity index (χ2v) is 5.85. The molecule has 1 N–H and O–H groups in total. The zero-order valence-electron chi connectivity index (χ0n) is 13.1. The van der Waals surface area contributed by atoms with Gasteiger partial charge in [-0.2, -0.15) is 5.10 Å². The molecule has 120 valence electrons. The molecule has 2 amide bonds. The zero-order chi connectivity index (χ0) is 16.2. The molecule has 3 rings (SSSR count). The van der Waals surface area contributed by atoms with E-state index in [1.54, 1.807) is 29.0 Å². The van der Waals surface area contributed by atoms with E-state index in [-0.39, 0.29) is 17.7 Å². The third-order valence-corrected chi connectivity index (χ3v) is 4.07. The summed E-state index contributed by atoms with van der Waals surface area (Å²) in [5.41, 5.74) is 1.35. The van der Waals surface area contributed by atoms with E-state index < -0.39 is 0 Å². The quantitative estimate of drug-likeness (QED) is 0.941. The minimum absolute atomic E-state index is 0.0279. The first-order valence-corrected chi connectivity index (χ1v) is 7.77. The van der Waals surface area contributed by atoms with Crippen molar-refractivity contribution in [3.05, 3.63) is 48.3 Å². The largest absolute Gasteiger partial charge is 0.338 e. The van der Waals surface area contributed by atoms with E-state index in [0.717, 1.165) is 18.5 Å². The van der Waals surface area contributed by atoms with Gasteiger partial charge in [0.25, 0.3) is 5.91 Å². The summed E-state index contributed by atoms with van der Waals surface area (Å²) < 4.78 is 1.61. The second-order valence-electron chi connectivity index (χ2n) is 5.85. The van der Waals surface area contributed by atoms with Gasteiger partial charge in [-0.05, 0) is 25.0 Å². The summed E-state index contributed by atoms with van der Waals surface area (Å²) in [5, 5.41) is 6.95. The molecule has 2 heterocycles. The van der Waals surface area contributed by atoms with Crippen molar-refractivity contribution in [1.29, 1.82) is 0 Å². The van der Waals surface area contributed by atoms with Crippen LogP contribution in [0.4, 0.5) is 5.69 Å². The average molecular weight is 312 g/mol. The van der Waals surface area contributed by atoms with E-state index in [9.17, 15) is 9.59 Å². The van der Waals surface area contributed by atoms with Crippen LogP contribution in [-0.2, 0) is 11.8 Å². The van der Waals surface area contributed by atoms with Gasteiger partial charge in [-0.15, -0.1) is 0 Å². The van der Waals surface area contributed by atoms with Crippen molar-refractivity contribution in [1.82, 2.24) is 14.7 Å². The number of para-hydroxylation sites is 1. The number of aromatic nitrogens is 2. The third kappa shape index (κ3) is 3.59. The zero-order valence-corrected chi connectivity index (χ0v) is 13.1. The summed E-state index contributed by atoms with van der Waals surface area (Å²) in [6.45, 7) is 1.13. The van der Waals surface area contributed by atoms with Crippen molar-refractivity contribution < 1.29 is 9.59 Å². The molecule has 0 aliphatic carbocycles. The molecule has 2 aromatic rings. The van der Waals surface area contributed by atoms with Gasteiger partial charge in [0.05, 0.1) is 17.7 Å². The Kier molecular flexibility index (Phi) is 4.41. The fourth-order valence-electron chi connectivity index (χ4n) is 2.86. The molecule has 1 aliphatic heterocycles. The average Bonchev–Trinajstić information content (AvgIpc) is 3.01. The molecule has 1 aliphatic rings. The summed E-state index contributed by atoms with van der Waals surface area (Å²) >= 11 is 0. The highest BCUT2D eigenvalue weighted by Crippen LogP contribution is 2.20. The van der Waals surface area contributed by atoms with E-state index in [2.05, 4.69) is 10.4 Å². The molecule has 1 unspecified atom stereocenters. The maximum absolute atomic E-state index is 12.5. The van der Waals surface area contributed by atoms with E-state index >= 15 is 0 Å². The summed E-state index contributed by atoms with van der Waals surface area (Å²) in [4.78, 5) is 26.6. The molecule has 0 spiro atoms. The molecule has 0 radical (unpaired) electrons. The molecule has 1 aromatic carbocycles. The van der Waals surface area contributed by atoms with Gasteiger partial charge in [-0.1, -0.05) is 18.2 Å². The van der Waals surface area contributed by atoms with Crippen molar-refractivity contribution in [3.8, 4) is 0 Å². The van der Waals surface area contributed by atoms with Crippen molar-refractivity contribution in [2.75, 3.05) is 18.4 Å². The number of carbonyl (C=O) groups excluding carboxylic acids is 2. The maximum atomic E-state index is 12.5. The van der Waals surface area contributed by atoms with Crippen molar-refractivity contribution in [3.63, 3.8) is 0 Å². The normalized spacial score (nSPS) is 17.8. The lowest BCUT2D eigenvalue weighted by atomic mass is 9.96. The van der Waals surface area contributed by atoms with Crippen LogP contribution < -0.4 is 5.32 Å². The highest BCUT2D eigenvalue weighted by Gasteiger charge is 2.29. The van der Waals surface area contributed by atoms with Crippen LogP contribution >= 0.6 is 0 Å². The number of likely N-dealkylation sites (tertiary alicyclic amines) is 1. The second kappa shape index (κ2) is 6.64. The Bertz CT molecular complexity index is 696. The standard InChI is InChI=1S/C17H20N4O2/c1-20-11-14(10-18-20)17(23)21-9-5-6-13(12-21)16(22)19-15-7-3-2-4-8-15/h2-4,7-8,10-11,13H,5-6,9,12H2,1H3,(H,19,22). The van der Waals surface area contributed by atoms with Crippen molar-refractivity contribution in [2.24, 2.45) is 13.0 Å². The number of anilines is 1. The number of nitrogens with zero attached hydrogens (tertiary/aromatic N) is 3. The molecule has 0 saturated carbocycles. The van der Waals surface area contributed by atoms with Crippen LogP contribution in [-0.4, -0.2) is 39.6 Å². The monoisotopic (exact) mass is 312 g/mol. The Morgan fingerprint density at radius 3 is 2.74 bits per heavy atom. The lowest BCUT2D eigenvalue weighted by Gasteiger charge is -2.31. The molecule has 0 bridgehead atoms. The van der Waals surface area contributed by atoms with Crippen LogP contribution in [0, 0.1) is 5.92 Å². The van der Waals surface area contributed by atoms with Gasteiger partial charge < -0.3 is 10.2 Å². The summed E-state index contributed by atoms with van der Waals surface area (Å²) in [6.07, 6.45) is 4.90. The number of nitrogens with one attached hydrogen (secondary N) is 1. The van der Waals surface area contributed by atoms with E-state index in [1.807, 2.05) is 30.3 Å². The highest BCUT2D eigenvalue weighted by atomic mass is 16.2. The van der Waals surface area contributed by atoms with Crippen molar-refractivity contribution in [2.45, 2.75) is 12.8 Å². The first kappa shape index (κ1) is 15.3.